The third kappa shape index (κ3) is 16.8. The van der Waals surface area contributed by atoms with Gasteiger partial charge in [0.15, 0.2) is 56.0 Å². The lowest BCUT2D eigenvalue weighted by Crippen LogP contribution is -2.82. The Balaban J connectivity index is 0.000000173. The van der Waals surface area contributed by atoms with Crippen molar-refractivity contribution in [1.82, 2.24) is 10.2 Å². The van der Waals surface area contributed by atoms with Gasteiger partial charge in [0, 0.05) is 61.5 Å². The summed E-state index contributed by atoms with van der Waals surface area (Å²) in [5.74, 6) is -8.16. The Morgan fingerprint density at radius 2 is 0.856 bits per heavy atom. The highest BCUT2D eigenvalue weighted by atomic mass is 28.4. The predicted octanol–water partition coefficient (Wildman–Crippen LogP) is 14.6. The van der Waals surface area contributed by atoms with Gasteiger partial charge in [-0.05, 0) is 180 Å². The van der Waals surface area contributed by atoms with Gasteiger partial charge in [-0.3, -0.25) is 43.3 Å². The van der Waals surface area contributed by atoms with Crippen molar-refractivity contribution >= 4 is 92.4 Å². The number of ketones is 2. The number of esters is 5. The van der Waals surface area contributed by atoms with Gasteiger partial charge in [0.25, 0.3) is 11.8 Å². The average Bonchev–Trinajstić information content (AvgIpc) is 0.883. The van der Waals surface area contributed by atoms with Crippen LogP contribution >= 0.6 is 0 Å². The Kier molecular flexibility index (Phi) is 26.0. The molecule has 4 saturated carbocycles. The number of rotatable bonds is 14. The zero-order valence-electron chi connectivity index (χ0n) is 79.1. The van der Waals surface area contributed by atoms with Crippen molar-refractivity contribution in [2.24, 2.45) is 45.3 Å². The number of amides is 3. The molecule has 8 bridgehead atoms. The van der Waals surface area contributed by atoms with Crippen molar-refractivity contribution in [2.75, 3.05) is 13.2 Å². The van der Waals surface area contributed by atoms with Crippen LogP contribution in [0.3, 0.4) is 0 Å². The molecule has 704 valence electrons. The SMILES string of the molecule is CC(=O)O[C@]12CO[C@@H]1C[C@@H]1O[Si](C)(C)C[Si](C)(C)O[C@H]3C(=O)[C@@]1(C)C2[C@@H](OC(=O)c1ccccc1)[C@]1(O)C[C@@H](O)C(C)=C3C1(C)C.CC(=O)O[C@]12CO[C@@H]1C[C@@H]1O[Si](C)(C)C[Si](C)(C)O[C@H]3C(=O)[C@@]1(C)C2[C@@H](OC(=O)c1ccccc1)[C@]1(O)C[C@@H](OC(=O)[C@@H](C)[C@@H](NC(=O)c2ccccc2)c2ccccc2)C(C)=C3C1(C)C.C[C@@H]1C(=O)N(C(=O)c2ccccc2)[C@@H]1c1ccccc1. The Morgan fingerprint density at radius 3 is 1.26 bits per heavy atom. The highest BCUT2D eigenvalue weighted by Gasteiger charge is 2.82. The number of carbonyl (C=O) groups is 10. The van der Waals surface area contributed by atoms with Gasteiger partial charge in [0.05, 0.1) is 89.2 Å². The lowest BCUT2D eigenvalue weighted by molar-refractivity contribution is -0.344. The third-order valence-electron chi connectivity index (χ3n) is 30.6. The number of aliphatic hydroxyl groups is 3. The van der Waals surface area contributed by atoms with Crippen LogP contribution in [0.15, 0.2) is 204 Å². The summed E-state index contributed by atoms with van der Waals surface area (Å²) in [7, 11) is -10.6. The van der Waals surface area contributed by atoms with Gasteiger partial charge in [0.1, 0.15) is 53.9 Å². The first-order chi connectivity index (χ1) is 61.9. The standard InChI is InChI=1S/C51H63NO12Si2.C34H48O10Si2.C17H15NO2/c1-30-36(60-46(56)31(2)40(33-20-14-11-15-21-33)52-45(55)34-22-16-12-17-23-34)27-51(58)44(61-47(57)35-24-18-13-19-25-35)42-49(6)37(26-38-50(42,28-59-38)62-32(3)53)63-65(7,8)29-66(9,10)64-41(43(49)54)39(30)48(51,4)5;1-19-22(36)16-34(39)29(41-30(38)21-13-11-10-12-14-21)27-32(5)23(15-24-33(27,17-40-24)42-20(2)35)43-45(6,7)18-46(8,9)44-26(28(32)37)25(19)31(34,3)4;1-12-15(13-8-4-2-5-9-13)18(16(12)19)17(20)14-10-6-3-7-11-14/h11-25,31,36-38,40-42,44,58H,26-29H2,1-10H3,(H,52,55);10-14,22-24,26-27,29,36,39H,15-18H2,1-9H3;2-12,15H,1H3/t31-,36+,37-,38+,40+,41+,42?,44+,49+,50+,51+;22-,23+,24-,26-,27?,29-,32-,33-,34-;12-,15-/m010/s1. The van der Waals surface area contributed by atoms with E-state index in [2.05, 4.69) is 57.7 Å². The van der Waals surface area contributed by atoms with Crippen LogP contribution in [-0.2, 0) is 79.6 Å². The maximum atomic E-state index is 16.3. The summed E-state index contributed by atoms with van der Waals surface area (Å²) in [6.45, 7) is 37.1. The number of benzene rings is 6. The summed E-state index contributed by atoms with van der Waals surface area (Å²) in [5.41, 5.74) is -6.24. The second-order valence-electron chi connectivity index (χ2n) is 42.1. The number of β-lactam (4-membered cyclic amide) rings is 1. The Bertz CT molecular complexity index is 5550. The van der Waals surface area contributed by atoms with Crippen molar-refractivity contribution in [3.63, 3.8) is 0 Å². The molecule has 17 rings (SSSR count). The van der Waals surface area contributed by atoms with Crippen LogP contribution in [0.4, 0.5) is 0 Å². The zero-order chi connectivity index (χ0) is 95.7. The van der Waals surface area contributed by atoms with E-state index in [4.69, 9.17) is 50.9 Å². The van der Waals surface area contributed by atoms with Gasteiger partial charge >= 0.3 is 29.8 Å². The summed E-state index contributed by atoms with van der Waals surface area (Å²) in [6.07, 6.45) is -10.6. The van der Waals surface area contributed by atoms with Crippen LogP contribution in [0.1, 0.15) is 173 Å². The fraction of sp³-hybridized carbons (Fsp3) is 0.510. The highest BCUT2D eigenvalue weighted by Crippen LogP contribution is 2.69. The molecule has 22 atom stereocenters. The van der Waals surface area contributed by atoms with Gasteiger partial charge in [-0.25, -0.2) is 9.59 Å². The molecular weight excluding hydrogens is 1750 g/mol. The van der Waals surface area contributed by atoms with Gasteiger partial charge < -0.3 is 71.5 Å². The smallest absolute Gasteiger partial charge is 0.338 e. The average molecular weight is 1880 g/mol. The van der Waals surface area contributed by atoms with E-state index in [0.29, 0.717) is 50.3 Å². The number of hydrogen-bond acceptors (Lipinski definition) is 24. The van der Waals surface area contributed by atoms with E-state index < -0.39 is 192 Å². The lowest BCUT2D eigenvalue weighted by Gasteiger charge is -2.68. The van der Waals surface area contributed by atoms with Crippen LogP contribution in [0.5, 0.6) is 0 Å². The van der Waals surface area contributed by atoms with E-state index in [0.717, 1.165) is 5.56 Å². The van der Waals surface area contributed by atoms with E-state index in [1.807, 2.05) is 107 Å². The number of hydrogen-bond donors (Lipinski definition) is 4. The predicted molar refractivity (Wildman–Crippen MR) is 497 cm³/mol. The van der Waals surface area contributed by atoms with Crippen molar-refractivity contribution in [3.8, 4) is 0 Å². The number of Topliss-reactive ketones (excluding diaryl/α,β-unsaturated/α-hetero) is 2. The molecule has 4 N–H and O–H groups in total. The van der Waals surface area contributed by atoms with Crippen LogP contribution in [-0.4, -0.2) is 209 Å². The first-order valence-electron chi connectivity index (χ1n) is 45.9. The molecular formula is C102H126N2O24Si4. The summed E-state index contributed by atoms with van der Waals surface area (Å²) < 4.78 is 73.3. The number of nitrogens with zero attached hydrogens (tertiary/aromatic N) is 1. The van der Waals surface area contributed by atoms with E-state index in [-0.39, 0.29) is 91.3 Å². The summed E-state index contributed by atoms with van der Waals surface area (Å²) in [6, 6.07) is 52.3. The molecule has 0 spiro atoms. The zero-order valence-corrected chi connectivity index (χ0v) is 83.1. The van der Waals surface area contributed by atoms with Crippen LogP contribution in [0.2, 0.25) is 63.7 Å². The molecule has 5 aliphatic heterocycles. The molecule has 0 aromatic heterocycles. The number of imide groups is 1. The molecule has 6 aromatic carbocycles. The Hall–Kier alpha value is -9.39. The molecule has 11 aliphatic rings. The molecule has 3 amide bonds. The second kappa shape index (κ2) is 35.4. The molecule has 5 heterocycles. The van der Waals surface area contributed by atoms with E-state index in [1.54, 1.807) is 144 Å². The number of likely N-dealkylation sites (tertiary alicyclic amines) is 1. The largest absolute Gasteiger partial charge is 0.457 e. The quantitative estimate of drug-likeness (QED) is 0.0196. The van der Waals surface area contributed by atoms with Gasteiger partial charge in [-0.2, -0.15) is 0 Å². The number of fused-ring (bicyclic) bond motifs is 12. The second-order valence-corrected chi connectivity index (χ2v) is 59.9. The molecule has 6 aromatic rings. The minimum atomic E-state index is -2.82. The van der Waals surface area contributed by atoms with Crippen molar-refractivity contribution < 1.29 is 114 Å². The molecule has 0 radical (unpaired) electrons. The molecule has 30 heteroatoms. The molecule has 26 nitrogen and oxygen atoms in total. The number of nitrogens with one attached hydrogen (secondary N) is 1. The fourth-order valence-corrected chi connectivity index (χ4v) is 46.2. The van der Waals surface area contributed by atoms with Gasteiger partial charge in [-0.15, -0.1) is 0 Å². The van der Waals surface area contributed by atoms with Crippen LogP contribution in [0, 0.1) is 45.3 Å². The fourth-order valence-electron chi connectivity index (χ4n) is 24.5. The summed E-state index contributed by atoms with van der Waals surface area (Å²) >= 11 is 0. The minimum absolute atomic E-state index is 0.0513. The lowest BCUT2D eigenvalue weighted by atomic mass is 9.44. The molecule has 2 unspecified atom stereocenters. The number of ether oxygens (including phenoxy) is 7. The van der Waals surface area contributed by atoms with Crippen LogP contribution < -0.4 is 5.32 Å². The summed E-state index contributed by atoms with van der Waals surface area (Å²) in [4.78, 5) is 141. The van der Waals surface area contributed by atoms with Gasteiger partial charge in [-0.1, -0.05) is 168 Å². The normalized spacial score (nSPS) is 34.7. The first kappa shape index (κ1) is 97.2. The Morgan fingerprint density at radius 1 is 0.485 bits per heavy atom. The maximum Gasteiger partial charge on any atom is 0.338 e. The molecule has 6 aliphatic carbocycles. The van der Waals surface area contributed by atoms with Crippen molar-refractivity contribution in [2.45, 2.75) is 268 Å². The minimum Gasteiger partial charge on any atom is -0.457 e. The number of carbonyl (C=O) groups excluding carboxylic acids is 10. The van der Waals surface area contributed by atoms with E-state index in [9.17, 15) is 53.7 Å². The first-order valence-corrected chi connectivity index (χ1v) is 58.4. The topological polar surface area (TPSA) is 348 Å². The monoisotopic (exact) mass is 1870 g/mol. The van der Waals surface area contributed by atoms with Crippen molar-refractivity contribution in [3.05, 3.63) is 238 Å². The molecule has 9 fully saturated rings. The Labute approximate surface area is 776 Å². The van der Waals surface area contributed by atoms with Crippen molar-refractivity contribution in [1.29, 1.82) is 0 Å². The highest BCUT2D eigenvalue weighted by molar-refractivity contribution is 6.90. The summed E-state index contributed by atoms with van der Waals surface area (Å²) in [5, 5.41) is 42.1. The van der Waals surface area contributed by atoms with Gasteiger partial charge in [0.2, 0.25) is 5.91 Å². The molecule has 132 heavy (non-hydrogen) atoms. The number of aliphatic hydroxyl groups excluding tert-OH is 1. The maximum absolute atomic E-state index is 16.3. The van der Waals surface area contributed by atoms with E-state index in [1.165, 1.54) is 18.7 Å². The van der Waals surface area contributed by atoms with Crippen LogP contribution in [0.25, 0.3) is 0 Å². The van der Waals surface area contributed by atoms with E-state index >= 15 is 9.59 Å². The third-order valence-corrected chi connectivity index (χ3v) is 47.8. The molecule has 5 saturated heterocycles.